The van der Waals surface area contributed by atoms with Crippen LogP contribution in [0.5, 0.6) is 5.75 Å². The summed E-state index contributed by atoms with van der Waals surface area (Å²) in [7, 11) is 0. The maximum atomic E-state index is 13.2. The first-order valence-electron chi connectivity index (χ1n) is 11.2. The predicted molar refractivity (Wildman–Crippen MR) is 128 cm³/mol. The van der Waals surface area contributed by atoms with Gasteiger partial charge in [-0.05, 0) is 44.0 Å². The molecule has 1 aromatic heterocycles. The fourth-order valence-corrected chi connectivity index (χ4v) is 4.71. The third-order valence-corrected chi connectivity index (χ3v) is 6.52. The molecule has 4 aromatic rings. The quantitative estimate of drug-likeness (QED) is 0.442. The van der Waals surface area contributed by atoms with Gasteiger partial charge in [-0.1, -0.05) is 66.7 Å². The smallest absolute Gasteiger partial charge is 0.197 e. The number of rotatable bonds is 5. The average molecular weight is 426 g/mol. The van der Waals surface area contributed by atoms with Crippen LogP contribution in [0.15, 0.2) is 94.1 Å². The van der Waals surface area contributed by atoms with Crippen molar-refractivity contribution in [3.63, 3.8) is 0 Å². The van der Waals surface area contributed by atoms with Crippen molar-refractivity contribution < 1.29 is 9.15 Å². The Labute approximate surface area is 187 Å². The van der Waals surface area contributed by atoms with E-state index in [4.69, 9.17) is 9.15 Å². The van der Waals surface area contributed by atoms with Gasteiger partial charge in [-0.2, -0.15) is 0 Å². The number of fused-ring (bicyclic) bond motifs is 1. The third-order valence-electron chi connectivity index (χ3n) is 6.52. The Morgan fingerprint density at radius 2 is 1.72 bits per heavy atom. The van der Waals surface area contributed by atoms with Gasteiger partial charge in [0.1, 0.15) is 28.1 Å². The summed E-state index contributed by atoms with van der Waals surface area (Å²) in [4.78, 5) is 13.2. The molecular weight excluding hydrogens is 398 g/mol. The van der Waals surface area contributed by atoms with Crippen molar-refractivity contribution in [2.75, 3.05) is 13.1 Å². The second kappa shape index (κ2) is 8.64. The Morgan fingerprint density at radius 3 is 2.44 bits per heavy atom. The van der Waals surface area contributed by atoms with Crippen LogP contribution in [0.4, 0.5) is 0 Å². The SMILES string of the molecule is CC(Oc1cccc2oc(-c3ccccc3)cc(=O)c12)(c1ccccc1)C1CCCNC1. The van der Waals surface area contributed by atoms with Gasteiger partial charge in [-0.3, -0.25) is 4.79 Å². The summed E-state index contributed by atoms with van der Waals surface area (Å²) in [5, 5.41) is 3.99. The lowest BCUT2D eigenvalue weighted by Crippen LogP contribution is -2.46. The number of nitrogens with one attached hydrogen (secondary N) is 1. The zero-order valence-corrected chi connectivity index (χ0v) is 18.2. The molecule has 0 saturated carbocycles. The summed E-state index contributed by atoms with van der Waals surface area (Å²) in [6, 6.07) is 27.1. The fourth-order valence-electron chi connectivity index (χ4n) is 4.71. The van der Waals surface area contributed by atoms with Crippen LogP contribution in [0.2, 0.25) is 0 Å². The molecular formula is C28H27NO3. The summed E-state index contributed by atoms with van der Waals surface area (Å²) in [5.74, 6) is 1.40. The molecule has 0 aliphatic carbocycles. The fraction of sp³-hybridized carbons (Fsp3) is 0.250. The van der Waals surface area contributed by atoms with E-state index in [0.717, 1.165) is 37.1 Å². The third kappa shape index (κ3) is 3.82. The largest absolute Gasteiger partial charge is 0.482 e. The van der Waals surface area contributed by atoms with Crippen LogP contribution in [0.1, 0.15) is 25.3 Å². The summed E-state index contributed by atoms with van der Waals surface area (Å²) < 4.78 is 12.9. The van der Waals surface area contributed by atoms with Gasteiger partial charge < -0.3 is 14.5 Å². The molecule has 162 valence electrons. The zero-order chi connectivity index (χ0) is 22.0. The lowest BCUT2D eigenvalue weighted by Gasteiger charge is -2.41. The first-order valence-corrected chi connectivity index (χ1v) is 11.2. The average Bonchev–Trinajstić information content (AvgIpc) is 2.85. The Bertz CT molecular complexity index is 1260. The second-order valence-corrected chi connectivity index (χ2v) is 8.59. The lowest BCUT2D eigenvalue weighted by molar-refractivity contribution is 0.0113. The highest BCUT2D eigenvalue weighted by molar-refractivity contribution is 5.85. The van der Waals surface area contributed by atoms with Crippen LogP contribution in [0.3, 0.4) is 0 Å². The number of piperidine rings is 1. The zero-order valence-electron chi connectivity index (χ0n) is 18.2. The maximum absolute atomic E-state index is 13.2. The highest BCUT2D eigenvalue weighted by atomic mass is 16.5. The molecule has 5 rings (SSSR count). The summed E-state index contributed by atoms with van der Waals surface area (Å²) in [5.41, 5.74) is 1.84. The summed E-state index contributed by atoms with van der Waals surface area (Å²) >= 11 is 0. The highest BCUT2D eigenvalue weighted by Crippen LogP contribution is 2.40. The minimum atomic E-state index is -0.576. The number of hydrogen-bond donors (Lipinski definition) is 1. The second-order valence-electron chi connectivity index (χ2n) is 8.59. The van der Waals surface area contributed by atoms with Crippen molar-refractivity contribution in [3.8, 4) is 17.1 Å². The summed E-state index contributed by atoms with van der Waals surface area (Å²) in [6.45, 7) is 4.04. The maximum Gasteiger partial charge on any atom is 0.197 e. The molecule has 1 fully saturated rings. The first-order chi connectivity index (χ1) is 15.6. The molecule has 4 heteroatoms. The molecule has 1 N–H and O–H groups in total. The molecule has 0 radical (unpaired) electrons. The normalized spacial score (nSPS) is 18.2. The van der Waals surface area contributed by atoms with Crippen molar-refractivity contribution in [1.82, 2.24) is 5.32 Å². The van der Waals surface area contributed by atoms with Gasteiger partial charge in [0.2, 0.25) is 0 Å². The minimum Gasteiger partial charge on any atom is -0.482 e. The van der Waals surface area contributed by atoms with Gasteiger partial charge in [0.25, 0.3) is 0 Å². The van der Waals surface area contributed by atoms with Gasteiger partial charge in [-0.25, -0.2) is 0 Å². The van der Waals surface area contributed by atoms with Crippen LogP contribution in [0, 0.1) is 5.92 Å². The standard InChI is InChI=1S/C28H27NO3/c1-28(21-12-6-3-7-13-21,22-14-9-17-29-19-22)32-25-16-8-15-24-27(25)23(30)18-26(31-24)20-10-4-2-5-11-20/h2-8,10-13,15-16,18,22,29H,9,14,17,19H2,1H3. The molecule has 2 unspecified atom stereocenters. The van der Waals surface area contributed by atoms with Gasteiger partial charge in [0.15, 0.2) is 5.43 Å². The molecule has 4 nitrogen and oxygen atoms in total. The van der Waals surface area contributed by atoms with Crippen LogP contribution in [-0.4, -0.2) is 13.1 Å². The molecule has 2 atom stereocenters. The molecule has 1 saturated heterocycles. The molecule has 0 spiro atoms. The van der Waals surface area contributed by atoms with Crippen LogP contribution >= 0.6 is 0 Å². The van der Waals surface area contributed by atoms with E-state index in [1.54, 1.807) is 6.07 Å². The molecule has 32 heavy (non-hydrogen) atoms. The van der Waals surface area contributed by atoms with Gasteiger partial charge >= 0.3 is 0 Å². The Hall–Kier alpha value is -3.37. The Morgan fingerprint density at radius 1 is 0.969 bits per heavy atom. The molecule has 0 bridgehead atoms. The van der Waals surface area contributed by atoms with Crippen molar-refractivity contribution in [2.45, 2.75) is 25.4 Å². The molecule has 0 amide bonds. The van der Waals surface area contributed by atoms with E-state index in [0.29, 0.717) is 22.5 Å². The molecule has 1 aliphatic heterocycles. The van der Waals surface area contributed by atoms with E-state index in [1.807, 2.05) is 66.7 Å². The first kappa shape index (κ1) is 20.5. The Balaban J connectivity index is 1.61. The van der Waals surface area contributed by atoms with Crippen molar-refractivity contribution in [1.29, 1.82) is 0 Å². The van der Waals surface area contributed by atoms with Crippen LogP contribution in [0.25, 0.3) is 22.3 Å². The van der Waals surface area contributed by atoms with E-state index < -0.39 is 5.60 Å². The van der Waals surface area contributed by atoms with E-state index in [2.05, 4.69) is 24.4 Å². The van der Waals surface area contributed by atoms with Gasteiger partial charge in [0, 0.05) is 24.1 Å². The molecule has 1 aliphatic rings. The van der Waals surface area contributed by atoms with Gasteiger partial charge in [0.05, 0.1) is 0 Å². The predicted octanol–water partition coefficient (Wildman–Crippen LogP) is 5.75. The summed E-state index contributed by atoms with van der Waals surface area (Å²) in [6.07, 6.45) is 2.17. The van der Waals surface area contributed by atoms with Crippen molar-refractivity contribution in [3.05, 3.63) is 101 Å². The van der Waals surface area contributed by atoms with Crippen LogP contribution in [-0.2, 0) is 5.60 Å². The van der Waals surface area contributed by atoms with Crippen molar-refractivity contribution in [2.24, 2.45) is 5.92 Å². The Kier molecular flexibility index (Phi) is 5.54. The number of ether oxygens (including phenoxy) is 1. The van der Waals surface area contributed by atoms with E-state index in [1.165, 1.54) is 0 Å². The number of hydrogen-bond acceptors (Lipinski definition) is 4. The van der Waals surface area contributed by atoms with Crippen LogP contribution < -0.4 is 15.5 Å². The molecule has 3 aromatic carbocycles. The van der Waals surface area contributed by atoms with Crippen molar-refractivity contribution >= 4 is 11.0 Å². The topological polar surface area (TPSA) is 51.5 Å². The lowest BCUT2D eigenvalue weighted by atomic mass is 9.78. The van der Waals surface area contributed by atoms with E-state index in [9.17, 15) is 4.79 Å². The van der Waals surface area contributed by atoms with E-state index in [-0.39, 0.29) is 11.3 Å². The van der Waals surface area contributed by atoms with Gasteiger partial charge in [-0.15, -0.1) is 0 Å². The monoisotopic (exact) mass is 425 g/mol. The number of benzene rings is 3. The minimum absolute atomic E-state index is 0.0992. The van der Waals surface area contributed by atoms with E-state index >= 15 is 0 Å². The molecule has 2 heterocycles. The highest BCUT2D eigenvalue weighted by Gasteiger charge is 2.39.